The van der Waals surface area contributed by atoms with Gasteiger partial charge in [-0.05, 0) is 56.2 Å². The topological polar surface area (TPSA) is 37.8 Å². The summed E-state index contributed by atoms with van der Waals surface area (Å²) in [5.41, 5.74) is 4.37. The molecule has 0 radical (unpaired) electrons. The van der Waals surface area contributed by atoms with Gasteiger partial charge in [-0.25, -0.2) is 0 Å². The molecule has 2 fully saturated rings. The normalized spacial score (nSPS) is 21.6. The average molecular weight is 438 g/mol. The average Bonchev–Trinajstić information content (AvgIpc) is 3.60. The molecule has 32 heavy (non-hydrogen) atoms. The molecule has 0 spiro atoms. The standard InChI is InChI=1S/C27H39N3O2/c1-19(2)21-10-8-9-11-22(21)23-18-29(14-15-30(23)26(3,4)5)27(12-13-27)20-16-24(31-6)28-25(17-20)32-7/h8-11,16-17,19,23H,12-15,18H2,1-7H3. The zero-order valence-corrected chi connectivity index (χ0v) is 20.8. The Balaban J connectivity index is 1.71. The van der Waals surface area contributed by atoms with Crippen LogP contribution in [0, 0.1) is 0 Å². The summed E-state index contributed by atoms with van der Waals surface area (Å²) < 4.78 is 11.0. The van der Waals surface area contributed by atoms with E-state index in [9.17, 15) is 0 Å². The van der Waals surface area contributed by atoms with E-state index in [1.54, 1.807) is 14.2 Å². The molecule has 1 saturated carbocycles. The predicted octanol–water partition coefficient (Wildman–Crippen LogP) is 5.37. The van der Waals surface area contributed by atoms with Crippen molar-refractivity contribution >= 4 is 0 Å². The van der Waals surface area contributed by atoms with Crippen LogP contribution in [0.5, 0.6) is 11.8 Å². The first-order valence-corrected chi connectivity index (χ1v) is 11.9. The van der Waals surface area contributed by atoms with Gasteiger partial charge in [0.15, 0.2) is 0 Å². The number of piperazine rings is 1. The molecule has 0 N–H and O–H groups in total. The second kappa shape index (κ2) is 8.68. The Morgan fingerprint density at radius 3 is 2.16 bits per heavy atom. The van der Waals surface area contributed by atoms with Crippen LogP contribution < -0.4 is 9.47 Å². The highest BCUT2D eigenvalue weighted by Gasteiger charge is 2.52. The fourth-order valence-electron chi connectivity index (χ4n) is 5.45. The van der Waals surface area contributed by atoms with E-state index in [1.807, 2.05) is 0 Å². The van der Waals surface area contributed by atoms with Gasteiger partial charge in [0.25, 0.3) is 0 Å². The van der Waals surface area contributed by atoms with E-state index >= 15 is 0 Å². The molecule has 1 aromatic carbocycles. The minimum Gasteiger partial charge on any atom is -0.481 e. The Labute approximate surface area is 193 Å². The molecule has 174 valence electrons. The van der Waals surface area contributed by atoms with Gasteiger partial charge in [-0.15, -0.1) is 0 Å². The quantitative estimate of drug-likeness (QED) is 0.607. The van der Waals surface area contributed by atoms with Crippen molar-refractivity contribution in [1.82, 2.24) is 14.8 Å². The van der Waals surface area contributed by atoms with E-state index in [4.69, 9.17) is 9.47 Å². The van der Waals surface area contributed by atoms with Crippen molar-refractivity contribution < 1.29 is 9.47 Å². The molecule has 1 aliphatic carbocycles. The number of nitrogens with zero attached hydrogens (tertiary/aromatic N) is 3. The number of hydrogen-bond donors (Lipinski definition) is 0. The molecule has 0 amide bonds. The molecule has 2 heterocycles. The molecule has 2 aromatic rings. The lowest BCUT2D eigenvalue weighted by molar-refractivity contribution is -0.0142. The summed E-state index contributed by atoms with van der Waals surface area (Å²) in [5.74, 6) is 1.76. The van der Waals surface area contributed by atoms with Crippen molar-refractivity contribution in [2.45, 2.75) is 70.5 Å². The maximum atomic E-state index is 5.48. The van der Waals surface area contributed by atoms with E-state index in [1.165, 1.54) is 16.7 Å². The van der Waals surface area contributed by atoms with Crippen molar-refractivity contribution in [2.24, 2.45) is 0 Å². The molecule has 5 nitrogen and oxygen atoms in total. The van der Waals surface area contributed by atoms with E-state index in [0.29, 0.717) is 23.7 Å². The fourth-order valence-corrected chi connectivity index (χ4v) is 5.45. The third-order valence-electron chi connectivity index (χ3n) is 7.28. The molecule has 1 aromatic heterocycles. The van der Waals surface area contributed by atoms with E-state index < -0.39 is 0 Å². The lowest BCUT2D eigenvalue weighted by atomic mass is 9.87. The first kappa shape index (κ1) is 23.1. The summed E-state index contributed by atoms with van der Waals surface area (Å²) in [4.78, 5) is 9.84. The number of methoxy groups -OCH3 is 2. The largest absolute Gasteiger partial charge is 0.481 e. The Kier molecular flexibility index (Phi) is 6.25. The van der Waals surface area contributed by atoms with Gasteiger partial charge >= 0.3 is 0 Å². The van der Waals surface area contributed by atoms with Gasteiger partial charge in [-0.2, -0.15) is 4.98 Å². The zero-order chi connectivity index (χ0) is 23.1. The molecular weight excluding hydrogens is 398 g/mol. The lowest BCUT2D eigenvalue weighted by Crippen LogP contribution is -2.57. The van der Waals surface area contributed by atoms with Crippen molar-refractivity contribution in [3.05, 3.63) is 53.1 Å². The van der Waals surface area contributed by atoms with E-state index in [-0.39, 0.29) is 11.1 Å². The lowest BCUT2D eigenvalue weighted by Gasteiger charge is -2.51. The maximum Gasteiger partial charge on any atom is 0.216 e. The van der Waals surface area contributed by atoms with Crippen molar-refractivity contribution in [3.8, 4) is 11.8 Å². The minimum atomic E-state index is 0.0541. The number of aromatic nitrogens is 1. The van der Waals surface area contributed by atoms with Gasteiger partial charge in [-0.1, -0.05) is 38.1 Å². The summed E-state index contributed by atoms with van der Waals surface area (Å²) in [7, 11) is 3.35. The van der Waals surface area contributed by atoms with Crippen LogP contribution in [0.15, 0.2) is 36.4 Å². The highest BCUT2D eigenvalue weighted by Crippen LogP contribution is 2.54. The van der Waals surface area contributed by atoms with Crippen LogP contribution in [0.4, 0.5) is 0 Å². The molecule has 1 unspecified atom stereocenters. The summed E-state index contributed by atoms with van der Waals surface area (Å²) in [6.07, 6.45) is 2.33. The van der Waals surface area contributed by atoms with Gasteiger partial charge in [0.2, 0.25) is 11.8 Å². The molecular formula is C27H39N3O2. The smallest absolute Gasteiger partial charge is 0.216 e. The van der Waals surface area contributed by atoms with Gasteiger partial charge in [0, 0.05) is 48.9 Å². The Bertz CT molecular complexity index is 924. The van der Waals surface area contributed by atoms with Gasteiger partial charge in [-0.3, -0.25) is 9.80 Å². The van der Waals surface area contributed by atoms with Crippen molar-refractivity contribution in [3.63, 3.8) is 0 Å². The molecule has 1 saturated heterocycles. The zero-order valence-electron chi connectivity index (χ0n) is 20.8. The van der Waals surface area contributed by atoms with Crippen molar-refractivity contribution in [1.29, 1.82) is 0 Å². The van der Waals surface area contributed by atoms with Crippen LogP contribution in [0.1, 0.15) is 76.1 Å². The minimum absolute atomic E-state index is 0.0541. The SMILES string of the molecule is COc1cc(C2(N3CCN(C(C)(C)C)C(c4ccccc4C(C)C)C3)CC2)cc(OC)n1. The first-order chi connectivity index (χ1) is 15.2. The molecule has 2 aliphatic rings. The van der Waals surface area contributed by atoms with Crippen molar-refractivity contribution in [2.75, 3.05) is 33.9 Å². The molecule has 4 rings (SSSR count). The van der Waals surface area contributed by atoms with E-state index in [2.05, 4.69) is 85.8 Å². The fraction of sp³-hybridized carbons (Fsp3) is 0.593. The summed E-state index contributed by atoms with van der Waals surface area (Å²) in [5, 5.41) is 0. The van der Waals surface area contributed by atoms with Crippen LogP contribution in [0.25, 0.3) is 0 Å². The number of ether oxygens (including phenoxy) is 2. The molecule has 1 aliphatic heterocycles. The second-order valence-electron chi connectivity index (χ2n) is 10.6. The van der Waals surface area contributed by atoms with Crippen LogP contribution in [0.3, 0.4) is 0 Å². The number of benzene rings is 1. The molecule has 5 heteroatoms. The van der Waals surface area contributed by atoms with E-state index in [0.717, 1.165) is 32.5 Å². The Morgan fingerprint density at radius 2 is 1.62 bits per heavy atom. The van der Waals surface area contributed by atoms with Crippen LogP contribution in [0.2, 0.25) is 0 Å². The number of pyridine rings is 1. The predicted molar refractivity (Wildman–Crippen MR) is 130 cm³/mol. The highest BCUT2D eigenvalue weighted by atomic mass is 16.5. The monoisotopic (exact) mass is 437 g/mol. The third-order valence-corrected chi connectivity index (χ3v) is 7.28. The van der Waals surface area contributed by atoms with Gasteiger partial charge in [0.05, 0.1) is 14.2 Å². The Morgan fingerprint density at radius 1 is 1.00 bits per heavy atom. The Hall–Kier alpha value is -2.11. The summed E-state index contributed by atoms with van der Waals surface area (Å²) in [6.45, 7) is 14.8. The molecule has 0 bridgehead atoms. The summed E-state index contributed by atoms with van der Waals surface area (Å²) >= 11 is 0. The maximum absolute atomic E-state index is 5.48. The van der Waals surface area contributed by atoms with Gasteiger partial charge < -0.3 is 9.47 Å². The first-order valence-electron chi connectivity index (χ1n) is 11.9. The van der Waals surface area contributed by atoms with Crippen LogP contribution in [-0.2, 0) is 5.54 Å². The third kappa shape index (κ3) is 4.25. The van der Waals surface area contributed by atoms with Crippen LogP contribution in [-0.4, -0.2) is 54.2 Å². The molecule has 1 atom stereocenters. The highest BCUT2D eigenvalue weighted by molar-refractivity contribution is 5.39. The summed E-state index contributed by atoms with van der Waals surface area (Å²) in [6, 6.07) is 13.6. The van der Waals surface area contributed by atoms with Crippen LogP contribution >= 0.6 is 0 Å². The van der Waals surface area contributed by atoms with Gasteiger partial charge in [0.1, 0.15) is 0 Å². The number of hydrogen-bond acceptors (Lipinski definition) is 5. The second-order valence-corrected chi connectivity index (χ2v) is 10.6. The number of rotatable bonds is 6.